The summed E-state index contributed by atoms with van der Waals surface area (Å²) in [7, 11) is 0. The maximum absolute atomic E-state index is 11.9. The molecule has 18 heavy (non-hydrogen) atoms. The third kappa shape index (κ3) is 3.11. The Kier molecular flexibility index (Phi) is 3.99. The van der Waals surface area contributed by atoms with E-state index >= 15 is 0 Å². The van der Waals surface area contributed by atoms with Crippen LogP contribution in [0.5, 0.6) is 0 Å². The number of hydrogen-bond acceptors (Lipinski definition) is 3. The molecule has 1 aromatic heterocycles. The van der Waals surface area contributed by atoms with Gasteiger partial charge in [0.25, 0.3) is 5.91 Å². The number of nitrogen functional groups attached to an aromatic ring is 1. The zero-order valence-electron chi connectivity index (χ0n) is 10.3. The normalized spacial score (nSPS) is 10.3. The molecule has 2 rings (SSSR count). The maximum atomic E-state index is 11.9. The lowest BCUT2D eigenvalue weighted by Crippen LogP contribution is -2.25. The van der Waals surface area contributed by atoms with Crippen molar-refractivity contribution in [1.82, 2.24) is 5.32 Å². The summed E-state index contributed by atoms with van der Waals surface area (Å²) < 4.78 is 0. The molecule has 3 nitrogen and oxygen atoms in total. The summed E-state index contributed by atoms with van der Waals surface area (Å²) in [5.41, 5.74) is 9.28. The van der Waals surface area contributed by atoms with Crippen LogP contribution in [-0.2, 0) is 6.42 Å². The predicted octanol–water partition coefficient (Wildman–Crippen LogP) is 2.61. The van der Waals surface area contributed by atoms with Gasteiger partial charge in [0, 0.05) is 17.8 Å². The predicted molar refractivity (Wildman–Crippen MR) is 75.9 cm³/mol. The molecule has 0 fully saturated rings. The van der Waals surface area contributed by atoms with E-state index in [1.807, 2.05) is 18.4 Å². The van der Waals surface area contributed by atoms with Crippen LogP contribution < -0.4 is 11.1 Å². The molecule has 0 saturated heterocycles. The molecule has 3 N–H and O–H groups in total. The van der Waals surface area contributed by atoms with Gasteiger partial charge >= 0.3 is 0 Å². The van der Waals surface area contributed by atoms with Gasteiger partial charge in [0.15, 0.2) is 0 Å². The highest BCUT2D eigenvalue weighted by Gasteiger charge is 2.06. The first-order valence-electron chi connectivity index (χ1n) is 5.82. The third-order valence-corrected chi connectivity index (χ3v) is 3.54. The van der Waals surface area contributed by atoms with E-state index in [0.717, 1.165) is 12.0 Å². The average molecular weight is 260 g/mol. The number of aryl methyl sites for hydroxylation is 1. The van der Waals surface area contributed by atoms with Gasteiger partial charge < -0.3 is 11.1 Å². The fraction of sp³-hybridized carbons (Fsp3) is 0.214. The summed E-state index contributed by atoms with van der Waals surface area (Å²) in [6.07, 6.45) is 0.864. The maximum Gasteiger partial charge on any atom is 0.251 e. The van der Waals surface area contributed by atoms with E-state index in [4.69, 9.17) is 5.73 Å². The van der Waals surface area contributed by atoms with Gasteiger partial charge in [-0.1, -0.05) is 0 Å². The summed E-state index contributed by atoms with van der Waals surface area (Å²) in [5.74, 6) is -0.0478. The lowest BCUT2D eigenvalue weighted by atomic mass is 10.1. The molecule has 4 heteroatoms. The number of rotatable bonds is 4. The van der Waals surface area contributed by atoms with Crippen LogP contribution in [0, 0.1) is 6.92 Å². The smallest absolute Gasteiger partial charge is 0.251 e. The van der Waals surface area contributed by atoms with E-state index in [0.29, 0.717) is 17.8 Å². The molecule has 0 spiro atoms. The van der Waals surface area contributed by atoms with Crippen LogP contribution in [0.1, 0.15) is 21.5 Å². The molecule has 0 atom stereocenters. The number of benzene rings is 1. The fourth-order valence-electron chi connectivity index (χ4n) is 1.67. The second-order valence-corrected chi connectivity index (χ2v) is 4.99. The molecule has 0 radical (unpaired) electrons. The van der Waals surface area contributed by atoms with E-state index < -0.39 is 0 Å². The summed E-state index contributed by atoms with van der Waals surface area (Å²) in [5, 5.41) is 7.05. The fourth-order valence-corrected chi connectivity index (χ4v) is 2.38. The minimum absolute atomic E-state index is 0.0478. The van der Waals surface area contributed by atoms with Gasteiger partial charge in [-0.3, -0.25) is 4.79 Å². The molecule has 0 aliphatic heterocycles. The lowest BCUT2D eigenvalue weighted by molar-refractivity contribution is 0.0954. The number of nitrogens with one attached hydrogen (secondary N) is 1. The van der Waals surface area contributed by atoms with Crippen molar-refractivity contribution in [2.24, 2.45) is 0 Å². The zero-order valence-corrected chi connectivity index (χ0v) is 11.1. The SMILES string of the molecule is Cc1cc(C(=O)NCCc2ccsc2)ccc1N. The summed E-state index contributed by atoms with van der Waals surface area (Å²) in [6.45, 7) is 2.55. The van der Waals surface area contributed by atoms with E-state index in [9.17, 15) is 4.79 Å². The Labute approximate surface area is 111 Å². The van der Waals surface area contributed by atoms with Gasteiger partial charge in [-0.2, -0.15) is 11.3 Å². The first kappa shape index (κ1) is 12.6. The molecule has 0 saturated carbocycles. The van der Waals surface area contributed by atoms with Crippen LogP contribution in [0.3, 0.4) is 0 Å². The standard InChI is InChI=1S/C14H16N2OS/c1-10-8-12(2-3-13(10)15)14(17)16-6-4-11-5-7-18-9-11/h2-3,5,7-9H,4,6,15H2,1H3,(H,16,17). The molecular weight excluding hydrogens is 244 g/mol. The first-order valence-corrected chi connectivity index (χ1v) is 6.76. The second kappa shape index (κ2) is 5.69. The molecule has 94 valence electrons. The molecule has 0 aliphatic carbocycles. The molecule has 2 aromatic rings. The van der Waals surface area contributed by atoms with Crippen LogP contribution in [0.25, 0.3) is 0 Å². The van der Waals surface area contributed by atoms with Crippen LogP contribution in [0.2, 0.25) is 0 Å². The number of anilines is 1. The highest BCUT2D eigenvalue weighted by Crippen LogP contribution is 2.12. The Hall–Kier alpha value is -1.81. The minimum atomic E-state index is -0.0478. The Balaban J connectivity index is 1.89. The zero-order chi connectivity index (χ0) is 13.0. The molecule has 1 amide bonds. The van der Waals surface area contributed by atoms with Crippen LogP contribution in [0.4, 0.5) is 5.69 Å². The molecule has 0 aliphatic rings. The molecule has 0 bridgehead atoms. The first-order chi connectivity index (χ1) is 8.66. The van der Waals surface area contributed by atoms with Crippen molar-refractivity contribution in [1.29, 1.82) is 0 Å². The second-order valence-electron chi connectivity index (χ2n) is 4.21. The lowest BCUT2D eigenvalue weighted by Gasteiger charge is -2.06. The summed E-state index contributed by atoms with van der Waals surface area (Å²) >= 11 is 1.67. The topological polar surface area (TPSA) is 55.1 Å². The number of amides is 1. The highest BCUT2D eigenvalue weighted by atomic mass is 32.1. The van der Waals surface area contributed by atoms with Crippen molar-refractivity contribution < 1.29 is 4.79 Å². The van der Waals surface area contributed by atoms with Crippen molar-refractivity contribution in [3.05, 3.63) is 51.7 Å². The van der Waals surface area contributed by atoms with Crippen molar-refractivity contribution in [2.75, 3.05) is 12.3 Å². The van der Waals surface area contributed by atoms with Gasteiger partial charge in [-0.25, -0.2) is 0 Å². The van der Waals surface area contributed by atoms with Gasteiger partial charge in [-0.05, 0) is 59.5 Å². The van der Waals surface area contributed by atoms with Gasteiger partial charge in [0.1, 0.15) is 0 Å². The molecule has 1 aromatic carbocycles. The number of carbonyl (C=O) groups excluding carboxylic acids is 1. The number of hydrogen-bond donors (Lipinski definition) is 2. The van der Waals surface area contributed by atoms with Crippen molar-refractivity contribution in [2.45, 2.75) is 13.3 Å². The number of carbonyl (C=O) groups is 1. The average Bonchev–Trinajstić information content (AvgIpc) is 2.85. The highest BCUT2D eigenvalue weighted by molar-refractivity contribution is 7.07. The summed E-state index contributed by atoms with van der Waals surface area (Å²) in [6, 6.07) is 7.41. The number of thiophene rings is 1. The van der Waals surface area contributed by atoms with Crippen LogP contribution in [-0.4, -0.2) is 12.5 Å². The number of nitrogens with two attached hydrogens (primary N) is 1. The van der Waals surface area contributed by atoms with Gasteiger partial charge in [-0.15, -0.1) is 0 Å². The van der Waals surface area contributed by atoms with Crippen molar-refractivity contribution >= 4 is 22.9 Å². The third-order valence-electron chi connectivity index (χ3n) is 2.81. The van der Waals surface area contributed by atoms with Crippen molar-refractivity contribution in [3.63, 3.8) is 0 Å². The van der Waals surface area contributed by atoms with Crippen LogP contribution in [0.15, 0.2) is 35.0 Å². The largest absolute Gasteiger partial charge is 0.399 e. The molecular formula is C14H16N2OS. The Morgan fingerprint density at radius 2 is 2.22 bits per heavy atom. The Morgan fingerprint density at radius 3 is 2.89 bits per heavy atom. The van der Waals surface area contributed by atoms with E-state index in [-0.39, 0.29) is 5.91 Å². The summed E-state index contributed by atoms with van der Waals surface area (Å²) in [4.78, 5) is 11.9. The van der Waals surface area contributed by atoms with E-state index in [2.05, 4.69) is 16.8 Å². The Morgan fingerprint density at radius 1 is 1.39 bits per heavy atom. The van der Waals surface area contributed by atoms with E-state index in [1.54, 1.807) is 23.5 Å². The van der Waals surface area contributed by atoms with E-state index in [1.165, 1.54) is 5.56 Å². The minimum Gasteiger partial charge on any atom is -0.399 e. The van der Waals surface area contributed by atoms with Gasteiger partial charge in [0.05, 0.1) is 0 Å². The van der Waals surface area contributed by atoms with Crippen LogP contribution >= 0.6 is 11.3 Å². The monoisotopic (exact) mass is 260 g/mol. The Bertz CT molecular complexity index is 535. The molecule has 0 unspecified atom stereocenters. The molecule has 1 heterocycles. The van der Waals surface area contributed by atoms with Gasteiger partial charge in [0.2, 0.25) is 0 Å². The quantitative estimate of drug-likeness (QED) is 0.830. The van der Waals surface area contributed by atoms with Crippen molar-refractivity contribution in [3.8, 4) is 0 Å².